The highest BCUT2D eigenvalue weighted by atomic mass is 16.5. The van der Waals surface area contributed by atoms with Gasteiger partial charge < -0.3 is 20.9 Å². The maximum absolute atomic E-state index is 8.69. The van der Waals surface area contributed by atoms with Crippen molar-refractivity contribution in [1.29, 1.82) is 0 Å². The molecule has 5 nitrogen and oxygen atoms in total. The van der Waals surface area contributed by atoms with E-state index in [4.69, 9.17) is 15.6 Å². The zero-order valence-corrected chi connectivity index (χ0v) is 9.95. The minimum absolute atomic E-state index is 0.0571. The maximum Gasteiger partial charge on any atom is 0.239 e. The summed E-state index contributed by atoms with van der Waals surface area (Å²) in [6, 6.07) is 3.48. The smallest absolute Gasteiger partial charge is 0.239 e. The van der Waals surface area contributed by atoms with Gasteiger partial charge in [-0.25, -0.2) is 0 Å². The predicted molar refractivity (Wildman–Crippen MR) is 64.6 cm³/mol. The number of anilines is 2. The molecule has 0 radical (unpaired) electrons. The Morgan fingerprint density at radius 3 is 2.69 bits per heavy atom. The molecule has 1 aromatic rings. The van der Waals surface area contributed by atoms with Crippen molar-refractivity contribution >= 4 is 11.5 Å². The van der Waals surface area contributed by atoms with E-state index < -0.39 is 0 Å². The second-order valence-electron chi connectivity index (χ2n) is 4.46. The van der Waals surface area contributed by atoms with Gasteiger partial charge in [-0.05, 0) is 32.9 Å². The third kappa shape index (κ3) is 3.94. The average molecular weight is 225 g/mol. The van der Waals surface area contributed by atoms with Crippen molar-refractivity contribution in [2.45, 2.75) is 26.4 Å². The van der Waals surface area contributed by atoms with E-state index in [0.29, 0.717) is 23.9 Å². The minimum Gasteiger partial charge on any atom is -0.470 e. The number of aromatic nitrogens is 1. The molecule has 0 saturated carbocycles. The highest BCUT2D eigenvalue weighted by Gasteiger charge is 2.15. The van der Waals surface area contributed by atoms with Gasteiger partial charge in [-0.15, -0.1) is 0 Å². The van der Waals surface area contributed by atoms with Gasteiger partial charge in [0, 0.05) is 6.54 Å². The Morgan fingerprint density at radius 2 is 2.12 bits per heavy atom. The molecule has 0 saturated heterocycles. The van der Waals surface area contributed by atoms with Crippen molar-refractivity contribution < 1.29 is 9.84 Å². The zero-order chi connectivity index (χ0) is 12.2. The molecule has 4 N–H and O–H groups in total. The Kier molecular flexibility index (Phi) is 3.95. The van der Waals surface area contributed by atoms with E-state index >= 15 is 0 Å². The molecule has 16 heavy (non-hydrogen) atoms. The standard InChI is InChI=1S/C11H19N3O2/c1-11(2,3)16-10-8(12)4-5-9(14-10)13-6-7-15/h4-5,15H,6-7,12H2,1-3H3,(H,13,14). The minimum atomic E-state index is -0.337. The van der Waals surface area contributed by atoms with Gasteiger partial charge in [-0.1, -0.05) is 0 Å². The molecule has 0 amide bonds. The van der Waals surface area contributed by atoms with Gasteiger partial charge in [-0.2, -0.15) is 4.98 Å². The number of nitrogens with zero attached hydrogens (tertiary/aromatic N) is 1. The number of rotatable bonds is 4. The maximum atomic E-state index is 8.69. The van der Waals surface area contributed by atoms with Crippen molar-refractivity contribution in [2.75, 3.05) is 24.2 Å². The van der Waals surface area contributed by atoms with Crippen LogP contribution in [0.2, 0.25) is 0 Å². The van der Waals surface area contributed by atoms with Gasteiger partial charge in [0.15, 0.2) is 0 Å². The van der Waals surface area contributed by atoms with Gasteiger partial charge in [0.2, 0.25) is 5.88 Å². The highest BCUT2D eigenvalue weighted by Crippen LogP contribution is 2.24. The summed E-state index contributed by atoms with van der Waals surface area (Å²) in [4.78, 5) is 4.23. The second kappa shape index (κ2) is 5.03. The number of pyridine rings is 1. The lowest BCUT2D eigenvalue weighted by Gasteiger charge is -2.21. The van der Waals surface area contributed by atoms with Gasteiger partial charge in [0.25, 0.3) is 0 Å². The van der Waals surface area contributed by atoms with E-state index in [-0.39, 0.29) is 12.2 Å². The van der Waals surface area contributed by atoms with Crippen LogP contribution >= 0.6 is 0 Å². The zero-order valence-electron chi connectivity index (χ0n) is 9.95. The van der Waals surface area contributed by atoms with Crippen LogP contribution in [0.3, 0.4) is 0 Å². The predicted octanol–water partition coefficient (Wildman–Crippen LogP) is 1.25. The molecule has 5 heteroatoms. The molecule has 0 atom stereocenters. The SMILES string of the molecule is CC(C)(C)Oc1nc(NCCO)ccc1N. The summed E-state index contributed by atoms with van der Waals surface area (Å²) in [5.74, 6) is 1.05. The molecule has 0 spiro atoms. The molecule has 0 fully saturated rings. The first-order chi connectivity index (χ1) is 7.42. The molecule has 0 aliphatic heterocycles. The third-order valence-corrected chi connectivity index (χ3v) is 1.71. The van der Waals surface area contributed by atoms with Crippen LogP contribution in [0.25, 0.3) is 0 Å². The molecular weight excluding hydrogens is 206 g/mol. The quantitative estimate of drug-likeness (QED) is 0.718. The summed E-state index contributed by atoms with van der Waals surface area (Å²) < 4.78 is 5.61. The average Bonchev–Trinajstić information content (AvgIpc) is 2.17. The van der Waals surface area contributed by atoms with Crippen molar-refractivity contribution in [1.82, 2.24) is 4.98 Å². The monoisotopic (exact) mass is 225 g/mol. The number of hydrogen-bond donors (Lipinski definition) is 3. The largest absolute Gasteiger partial charge is 0.470 e. The summed E-state index contributed by atoms with van der Waals surface area (Å²) in [5, 5.41) is 11.6. The van der Waals surface area contributed by atoms with E-state index in [9.17, 15) is 0 Å². The topological polar surface area (TPSA) is 80.4 Å². The summed E-state index contributed by atoms with van der Waals surface area (Å²) in [7, 11) is 0. The number of nitrogen functional groups attached to an aromatic ring is 1. The molecule has 1 aromatic heterocycles. The van der Waals surface area contributed by atoms with Crippen LogP contribution in [-0.4, -0.2) is 28.8 Å². The number of aliphatic hydroxyl groups excluding tert-OH is 1. The highest BCUT2D eigenvalue weighted by molar-refractivity contribution is 5.53. The Balaban J connectivity index is 2.82. The summed E-state index contributed by atoms with van der Waals surface area (Å²) in [6.07, 6.45) is 0. The van der Waals surface area contributed by atoms with Crippen LogP contribution in [0, 0.1) is 0 Å². The lowest BCUT2D eigenvalue weighted by atomic mass is 10.2. The molecule has 0 aromatic carbocycles. The Labute approximate surface area is 95.6 Å². The van der Waals surface area contributed by atoms with Crippen LogP contribution in [0.4, 0.5) is 11.5 Å². The van der Waals surface area contributed by atoms with Crippen LogP contribution < -0.4 is 15.8 Å². The van der Waals surface area contributed by atoms with Crippen LogP contribution in [0.5, 0.6) is 5.88 Å². The molecular formula is C11H19N3O2. The van der Waals surface area contributed by atoms with Gasteiger partial charge in [0.05, 0.1) is 12.3 Å². The van der Waals surface area contributed by atoms with Crippen molar-refractivity contribution in [3.05, 3.63) is 12.1 Å². The Bertz CT molecular complexity index is 348. The first kappa shape index (κ1) is 12.6. The fourth-order valence-electron chi connectivity index (χ4n) is 1.11. The van der Waals surface area contributed by atoms with Crippen LogP contribution in [0.15, 0.2) is 12.1 Å². The van der Waals surface area contributed by atoms with Crippen molar-refractivity contribution in [3.8, 4) is 5.88 Å². The van der Waals surface area contributed by atoms with E-state index in [1.54, 1.807) is 12.1 Å². The Morgan fingerprint density at radius 1 is 1.44 bits per heavy atom. The van der Waals surface area contributed by atoms with Crippen LogP contribution in [0.1, 0.15) is 20.8 Å². The lowest BCUT2D eigenvalue weighted by molar-refractivity contribution is 0.125. The number of nitrogens with one attached hydrogen (secondary N) is 1. The second-order valence-corrected chi connectivity index (χ2v) is 4.46. The number of hydrogen-bond acceptors (Lipinski definition) is 5. The van der Waals surface area contributed by atoms with Gasteiger partial charge in [-0.3, -0.25) is 0 Å². The molecule has 0 aliphatic rings. The van der Waals surface area contributed by atoms with Gasteiger partial charge in [0.1, 0.15) is 11.4 Å². The fraction of sp³-hybridized carbons (Fsp3) is 0.545. The molecule has 0 unspecified atom stereocenters. The van der Waals surface area contributed by atoms with Crippen molar-refractivity contribution in [2.24, 2.45) is 0 Å². The molecule has 1 heterocycles. The third-order valence-electron chi connectivity index (χ3n) is 1.71. The van der Waals surface area contributed by atoms with E-state index in [2.05, 4.69) is 10.3 Å². The first-order valence-corrected chi connectivity index (χ1v) is 5.22. The first-order valence-electron chi connectivity index (χ1n) is 5.22. The van der Waals surface area contributed by atoms with Crippen molar-refractivity contribution in [3.63, 3.8) is 0 Å². The number of ether oxygens (including phenoxy) is 1. The summed E-state index contributed by atoms with van der Waals surface area (Å²) >= 11 is 0. The lowest BCUT2D eigenvalue weighted by Crippen LogP contribution is -2.24. The van der Waals surface area contributed by atoms with Crippen LogP contribution in [-0.2, 0) is 0 Å². The van der Waals surface area contributed by atoms with E-state index in [1.165, 1.54) is 0 Å². The van der Waals surface area contributed by atoms with Gasteiger partial charge >= 0.3 is 0 Å². The summed E-state index contributed by atoms with van der Waals surface area (Å²) in [6.45, 7) is 6.30. The molecule has 1 rings (SSSR count). The number of aliphatic hydroxyl groups is 1. The normalized spacial score (nSPS) is 11.2. The molecule has 0 aliphatic carbocycles. The fourth-order valence-corrected chi connectivity index (χ4v) is 1.11. The van der Waals surface area contributed by atoms with E-state index in [1.807, 2.05) is 20.8 Å². The molecule has 90 valence electrons. The Hall–Kier alpha value is -1.49. The number of nitrogens with two attached hydrogens (primary N) is 1. The van der Waals surface area contributed by atoms with E-state index in [0.717, 1.165) is 0 Å². The summed E-state index contributed by atoms with van der Waals surface area (Å²) in [5.41, 5.74) is 5.93. The molecule has 0 bridgehead atoms.